The molecule has 0 bridgehead atoms. The number of hydrogen-bond donors (Lipinski definition) is 2. The minimum Gasteiger partial charge on any atom is -0.496 e. The van der Waals surface area contributed by atoms with Crippen LogP contribution in [0.3, 0.4) is 0 Å². The topological polar surface area (TPSA) is 75.6 Å². The largest absolute Gasteiger partial charge is 0.496 e. The van der Waals surface area contributed by atoms with Crippen LogP contribution in [0.4, 0.5) is 0 Å². The first-order valence-electron chi connectivity index (χ1n) is 9.69. The van der Waals surface area contributed by atoms with Crippen LogP contribution in [0.5, 0.6) is 5.75 Å². The molecule has 5 heteroatoms. The van der Waals surface area contributed by atoms with Crippen molar-refractivity contribution < 1.29 is 19.4 Å². The molecule has 0 saturated heterocycles. The molecule has 1 unspecified atom stereocenters. The van der Waals surface area contributed by atoms with Gasteiger partial charge < -0.3 is 15.2 Å². The predicted molar refractivity (Wildman–Crippen MR) is 108 cm³/mol. The molecule has 2 aromatic rings. The molecule has 148 valence electrons. The zero-order chi connectivity index (χ0) is 20.1. The molecule has 28 heavy (non-hydrogen) atoms. The number of aryl methyl sites for hydroxylation is 1. The number of ether oxygens (including phenoxy) is 1. The summed E-state index contributed by atoms with van der Waals surface area (Å²) in [7, 11) is 1.63. The van der Waals surface area contributed by atoms with Crippen LogP contribution in [0.2, 0.25) is 0 Å². The molecule has 5 nitrogen and oxygen atoms in total. The highest BCUT2D eigenvalue weighted by molar-refractivity contribution is 5.89. The number of rotatable bonds is 7. The third-order valence-corrected chi connectivity index (χ3v) is 5.82. The lowest BCUT2D eigenvalue weighted by Crippen LogP contribution is -2.44. The van der Waals surface area contributed by atoms with Gasteiger partial charge in [-0.05, 0) is 42.5 Å². The van der Waals surface area contributed by atoms with Crippen LogP contribution in [-0.2, 0) is 15.0 Å². The summed E-state index contributed by atoms with van der Waals surface area (Å²) in [5.74, 6) is -1.04. The van der Waals surface area contributed by atoms with Crippen LogP contribution in [0.25, 0.3) is 0 Å². The van der Waals surface area contributed by atoms with Crippen molar-refractivity contribution in [3.8, 4) is 5.75 Å². The molecule has 1 aliphatic rings. The maximum absolute atomic E-state index is 13.3. The summed E-state index contributed by atoms with van der Waals surface area (Å²) >= 11 is 0. The highest BCUT2D eigenvalue weighted by atomic mass is 16.5. The van der Waals surface area contributed by atoms with Gasteiger partial charge in [0, 0.05) is 6.54 Å². The molecule has 0 spiro atoms. The SMILES string of the molecule is COc1cc(C2(C(=O)NCC(C(=O)O)c3ccccc3)CCCC2)ccc1C. The van der Waals surface area contributed by atoms with Crippen LogP contribution in [0.15, 0.2) is 48.5 Å². The van der Waals surface area contributed by atoms with Crippen molar-refractivity contribution in [2.45, 2.75) is 43.9 Å². The van der Waals surface area contributed by atoms with Crippen LogP contribution < -0.4 is 10.1 Å². The number of carboxylic acids is 1. The molecule has 0 heterocycles. The minimum absolute atomic E-state index is 0.0723. The number of nitrogens with one attached hydrogen (secondary N) is 1. The second-order valence-corrected chi connectivity index (χ2v) is 7.49. The van der Waals surface area contributed by atoms with E-state index in [2.05, 4.69) is 5.32 Å². The van der Waals surface area contributed by atoms with Crippen molar-refractivity contribution in [2.75, 3.05) is 13.7 Å². The fourth-order valence-corrected chi connectivity index (χ4v) is 4.14. The van der Waals surface area contributed by atoms with Gasteiger partial charge in [0.05, 0.1) is 18.4 Å². The molecule has 0 aliphatic heterocycles. The van der Waals surface area contributed by atoms with Gasteiger partial charge in [-0.25, -0.2) is 0 Å². The summed E-state index contributed by atoms with van der Waals surface area (Å²) in [4.78, 5) is 25.0. The molecule has 1 amide bonds. The van der Waals surface area contributed by atoms with Gasteiger partial charge in [0.15, 0.2) is 0 Å². The highest BCUT2D eigenvalue weighted by Gasteiger charge is 2.43. The average Bonchev–Trinajstić information content (AvgIpc) is 3.20. The van der Waals surface area contributed by atoms with Crippen molar-refractivity contribution in [3.63, 3.8) is 0 Å². The normalized spacial score (nSPS) is 16.4. The van der Waals surface area contributed by atoms with Gasteiger partial charge in [-0.3, -0.25) is 9.59 Å². The summed E-state index contributed by atoms with van der Waals surface area (Å²) < 4.78 is 5.45. The van der Waals surface area contributed by atoms with Gasteiger partial charge in [0.1, 0.15) is 5.75 Å². The summed E-state index contributed by atoms with van der Waals surface area (Å²) in [5.41, 5.74) is 2.03. The molecule has 0 radical (unpaired) electrons. The molecule has 1 saturated carbocycles. The molecule has 1 fully saturated rings. The second kappa shape index (κ2) is 8.46. The van der Waals surface area contributed by atoms with Gasteiger partial charge in [-0.15, -0.1) is 0 Å². The number of benzene rings is 2. The summed E-state index contributed by atoms with van der Waals surface area (Å²) in [6, 6.07) is 14.9. The Hall–Kier alpha value is -2.82. The molecule has 1 atom stereocenters. The lowest BCUT2D eigenvalue weighted by molar-refractivity contribution is -0.138. The van der Waals surface area contributed by atoms with E-state index in [0.717, 1.165) is 42.6 Å². The lowest BCUT2D eigenvalue weighted by Gasteiger charge is -2.29. The zero-order valence-electron chi connectivity index (χ0n) is 16.4. The van der Waals surface area contributed by atoms with Crippen molar-refractivity contribution in [1.82, 2.24) is 5.32 Å². The predicted octanol–water partition coefficient (Wildman–Crippen LogP) is 3.80. The van der Waals surface area contributed by atoms with E-state index in [9.17, 15) is 14.7 Å². The fourth-order valence-electron chi connectivity index (χ4n) is 4.14. The van der Waals surface area contributed by atoms with Crippen molar-refractivity contribution in [3.05, 3.63) is 65.2 Å². The molecule has 2 aromatic carbocycles. The van der Waals surface area contributed by atoms with E-state index in [1.807, 2.05) is 43.3 Å². The van der Waals surface area contributed by atoms with E-state index < -0.39 is 17.3 Å². The van der Waals surface area contributed by atoms with Crippen LogP contribution in [-0.4, -0.2) is 30.6 Å². The first-order chi connectivity index (χ1) is 13.5. The Bertz CT molecular complexity index is 841. The highest BCUT2D eigenvalue weighted by Crippen LogP contribution is 2.42. The number of carboxylic acid groups (broad SMARTS) is 1. The Morgan fingerprint density at radius 2 is 1.82 bits per heavy atom. The first kappa shape index (κ1) is 19.9. The Morgan fingerprint density at radius 3 is 2.43 bits per heavy atom. The second-order valence-electron chi connectivity index (χ2n) is 7.49. The Labute approximate surface area is 165 Å². The van der Waals surface area contributed by atoms with E-state index >= 15 is 0 Å². The van der Waals surface area contributed by atoms with Crippen LogP contribution >= 0.6 is 0 Å². The fraction of sp³-hybridized carbons (Fsp3) is 0.391. The van der Waals surface area contributed by atoms with Gasteiger partial charge in [-0.2, -0.15) is 0 Å². The van der Waals surface area contributed by atoms with Gasteiger partial charge in [-0.1, -0.05) is 55.3 Å². The number of amides is 1. The van der Waals surface area contributed by atoms with E-state index in [0.29, 0.717) is 5.56 Å². The van der Waals surface area contributed by atoms with Crippen molar-refractivity contribution >= 4 is 11.9 Å². The molecule has 3 rings (SSSR count). The maximum Gasteiger partial charge on any atom is 0.312 e. The smallest absolute Gasteiger partial charge is 0.312 e. The molecule has 2 N–H and O–H groups in total. The first-order valence-corrected chi connectivity index (χ1v) is 9.69. The summed E-state index contributed by atoms with van der Waals surface area (Å²) in [5, 5.41) is 12.6. The standard InChI is InChI=1S/C23H27NO4/c1-16-10-11-18(14-20(16)28-2)23(12-6-7-13-23)22(27)24-15-19(21(25)26)17-8-4-3-5-9-17/h3-5,8-11,14,19H,6-7,12-13,15H2,1-2H3,(H,24,27)(H,25,26). The molecule has 1 aliphatic carbocycles. The Kier molecular flexibility index (Phi) is 6.02. The van der Waals surface area contributed by atoms with Gasteiger partial charge in [0.2, 0.25) is 5.91 Å². The third-order valence-electron chi connectivity index (χ3n) is 5.82. The molecular weight excluding hydrogens is 354 g/mol. The van der Waals surface area contributed by atoms with Crippen molar-refractivity contribution in [1.29, 1.82) is 0 Å². The maximum atomic E-state index is 13.3. The van der Waals surface area contributed by atoms with E-state index in [1.165, 1.54) is 0 Å². The molecule has 0 aromatic heterocycles. The van der Waals surface area contributed by atoms with Crippen LogP contribution in [0, 0.1) is 6.92 Å². The van der Waals surface area contributed by atoms with E-state index in [1.54, 1.807) is 19.2 Å². The summed E-state index contributed by atoms with van der Waals surface area (Å²) in [6.07, 6.45) is 3.47. The zero-order valence-corrected chi connectivity index (χ0v) is 16.4. The third kappa shape index (κ3) is 3.88. The number of hydrogen-bond acceptors (Lipinski definition) is 3. The Morgan fingerprint density at radius 1 is 1.14 bits per heavy atom. The van der Waals surface area contributed by atoms with E-state index in [-0.39, 0.29) is 12.5 Å². The quantitative estimate of drug-likeness (QED) is 0.765. The molecular formula is C23H27NO4. The van der Waals surface area contributed by atoms with Gasteiger partial charge in [0.25, 0.3) is 0 Å². The number of aliphatic carboxylic acids is 1. The van der Waals surface area contributed by atoms with Crippen molar-refractivity contribution in [2.24, 2.45) is 0 Å². The van der Waals surface area contributed by atoms with E-state index in [4.69, 9.17) is 4.74 Å². The minimum atomic E-state index is -0.941. The number of carbonyl (C=O) groups excluding carboxylic acids is 1. The monoisotopic (exact) mass is 381 g/mol. The van der Waals surface area contributed by atoms with Crippen LogP contribution in [0.1, 0.15) is 48.3 Å². The average molecular weight is 381 g/mol. The number of methoxy groups -OCH3 is 1. The summed E-state index contributed by atoms with van der Waals surface area (Å²) in [6.45, 7) is 2.05. The lowest BCUT2D eigenvalue weighted by atomic mass is 9.77. The van der Waals surface area contributed by atoms with Gasteiger partial charge >= 0.3 is 5.97 Å². The Balaban J connectivity index is 1.83. The number of carbonyl (C=O) groups is 2.